The lowest BCUT2D eigenvalue weighted by Gasteiger charge is -2.19. The number of rotatable bonds is 7. The van der Waals surface area contributed by atoms with E-state index in [-0.39, 0.29) is 11.0 Å². The molecular weight excluding hydrogens is 338 g/mol. The van der Waals surface area contributed by atoms with Gasteiger partial charge in [-0.25, -0.2) is 0 Å². The Kier molecular flexibility index (Phi) is 6.13. The highest BCUT2D eigenvalue weighted by Gasteiger charge is 2.19. The Hall–Kier alpha value is -2.52. The Labute approximate surface area is 159 Å². The fraction of sp³-hybridized carbons (Fsp3) is 0.174. The molecule has 0 bridgehead atoms. The topological polar surface area (TPSA) is 20.3 Å². The minimum Gasteiger partial charge on any atom is -0.378 e. The molecule has 3 aromatic carbocycles. The van der Waals surface area contributed by atoms with Crippen LogP contribution in [0.1, 0.15) is 27.6 Å². The van der Waals surface area contributed by atoms with Gasteiger partial charge in [-0.2, -0.15) is 0 Å². The first-order valence-corrected chi connectivity index (χ1v) is 9.58. The average molecular weight is 362 g/mol. The Morgan fingerprint density at radius 2 is 1.42 bits per heavy atom. The summed E-state index contributed by atoms with van der Waals surface area (Å²) in [5.41, 5.74) is 3.11. The van der Waals surface area contributed by atoms with Crippen LogP contribution < -0.4 is 4.90 Å². The molecule has 0 saturated carbocycles. The van der Waals surface area contributed by atoms with Crippen molar-refractivity contribution in [1.82, 2.24) is 0 Å². The number of anilines is 1. The number of carbonyl (C=O) groups is 1. The summed E-state index contributed by atoms with van der Waals surface area (Å²) in [4.78, 5) is 16.0. The number of benzene rings is 3. The standard InChI is InChI=1S/C23H23NOS/c1-24(2)20-15-13-19(14-16-20)23(26-21-11-7-4-8-12-21)17-22(25)18-9-5-3-6-10-18/h3-16,23H,17H2,1-2H3/t23-/m0/s1. The maximum Gasteiger partial charge on any atom is 0.164 e. The van der Waals surface area contributed by atoms with Crippen LogP contribution in [0.5, 0.6) is 0 Å². The van der Waals surface area contributed by atoms with Crippen molar-refractivity contribution in [3.8, 4) is 0 Å². The van der Waals surface area contributed by atoms with E-state index in [1.54, 1.807) is 11.8 Å². The van der Waals surface area contributed by atoms with Crippen molar-refractivity contribution in [1.29, 1.82) is 0 Å². The summed E-state index contributed by atoms with van der Waals surface area (Å²) in [6.07, 6.45) is 0.477. The van der Waals surface area contributed by atoms with Gasteiger partial charge in [0, 0.05) is 41.9 Å². The van der Waals surface area contributed by atoms with E-state index < -0.39 is 0 Å². The van der Waals surface area contributed by atoms with Crippen LogP contribution in [0.15, 0.2) is 89.8 Å². The largest absolute Gasteiger partial charge is 0.378 e. The number of thioether (sulfide) groups is 1. The highest BCUT2D eigenvalue weighted by Crippen LogP contribution is 2.39. The van der Waals surface area contributed by atoms with Gasteiger partial charge in [-0.3, -0.25) is 4.79 Å². The molecule has 0 radical (unpaired) electrons. The fourth-order valence-electron chi connectivity index (χ4n) is 2.79. The molecule has 0 N–H and O–H groups in total. The highest BCUT2D eigenvalue weighted by atomic mass is 32.2. The van der Waals surface area contributed by atoms with Crippen molar-refractivity contribution in [2.24, 2.45) is 0 Å². The zero-order valence-corrected chi connectivity index (χ0v) is 15.9. The molecule has 2 nitrogen and oxygen atoms in total. The second-order valence-electron chi connectivity index (χ2n) is 6.40. The van der Waals surface area contributed by atoms with Crippen molar-refractivity contribution in [2.75, 3.05) is 19.0 Å². The number of carbonyl (C=O) groups excluding carboxylic acids is 1. The molecule has 0 aliphatic rings. The Balaban J connectivity index is 1.85. The third-order valence-corrected chi connectivity index (χ3v) is 5.54. The molecule has 0 spiro atoms. The van der Waals surface area contributed by atoms with Gasteiger partial charge >= 0.3 is 0 Å². The number of Topliss-reactive ketones (excluding diaryl/α,β-unsaturated/α-hetero) is 1. The first-order valence-electron chi connectivity index (χ1n) is 8.71. The molecule has 0 aliphatic carbocycles. The van der Waals surface area contributed by atoms with E-state index in [0.717, 1.165) is 11.3 Å². The van der Waals surface area contributed by atoms with E-state index in [2.05, 4.69) is 41.3 Å². The van der Waals surface area contributed by atoms with Crippen molar-refractivity contribution in [3.05, 3.63) is 96.1 Å². The van der Waals surface area contributed by atoms with Crippen LogP contribution >= 0.6 is 11.8 Å². The highest BCUT2D eigenvalue weighted by molar-refractivity contribution is 7.99. The molecule has 1 atom stereocenters. The molecule has 0 fully saturated rings. The summed E-state index contributed by atoms with van der Waals surface area (Å²) < 4.78 is 0. The van der Waals surface area contributed by atoms with Crippen LogP contribution in [-0.2, 0) is 0 Å². The Bertz CT molecular complexity index is 829. The number of ketones is 1. The number of hydrogen-bond donors (Lipinski definition) is 0. The number of nitrogens with zero attached hydrogens (tertiary/aromatic N) is 1. The Morgan fingerprint density at radius 1 is 0.846 bits per heavy atom. The molecule has 0 saturated heterocycles. The SMILES string of the molecule is CN(C)c1ccc([C@H](CC(=O)c2ccccc2)Sc2ccccc2)cc1. The second kappa shape index (κ2) is 8.72. The molecule has 0 heterocycles. The van der Waals surface area contributed by atoms with Gasteiger partial charge in [-0.15, -0.1) is 11.8 Å². The quantitative estimate of drug-likeness (QED) is 0.388. The first kappa shape index (κ1) is 18.3. The van der Waals surface area contributed by atoms with Gasteiger partial charge in [0.05, 0.1) is 0 Å². The monoisotopic (exact) mass is 361 g/mol. The fourth-order valence-corrected chi connectivity index (χ4v) is 3.96. The van der Waals surface area contributed by atoms with Crippen molar-refractivity contribution in [2.45, 2.75) is 16.6 Å². The van der Waals surface area contributed by atoms with E-state index in [1.165, 1.54) is 10.5 Å². The smallest absolute Gasteiger partial charge is 0.164 e. The lowest BCUT2D eigenvalue weighted by atomic mass is 10.0. The zero-order chi connectivity index (χ0) is 18.4. The van der Waals surface area contributed by atoms with Gasteiger partial charge in [-0.05, 0) is 29.8 Å². The Morgan fingerprint density at radius 3 is 2.00 bits per heavy atom. The molecule has 0 amide bonds. The van der Waals surface area contributed by atoms with Crippen molar-refractivity contribution < 1.29 is 4.79 Å². The van der Waals surface area contributed by atoms with Crippen molar-refractivity contribution >= 4 is 23.2 Å². The predicted molar refractivity (Wildman–Crippen MR) is 111 cm³/mol. The summed E-state index contributed by atoms with van der Waals surface area (Å²) in [6.45, 7) is 0. The van der Waals surface area contributed by atoms with E-state index in [1.807, 2.05) is 62.6 Å². The summed E-state index contributed by atoms with van der Waals surface area (Å²) in [7, 11) is 4.06. The second-order valence-corrected chi connectivity index (χ2v) is 7.67. The summed E-state index contributed by atoms with van der Waals surface area (Å²) in [5, 5.41) is 0.0846. The average Bonchev–Trinajstić information content (AvgIpc) is 2.69. The zero-order valence-electron chi connectivity index (χ0n) is 15.1. The summed E-state index contributed by atoms with van der Waals surface area (Å²) in [5.74, 6) is 0.177. The summed E-state index contributed by atoms with van der Waals surface area (Å²) >= 11 is 1.74. The van der Waals surface area contributed by atoms with E-state index in [9.17, 15) is 4.79 Å². The van der Waals surface area contributed by atoms with Crippen LogP contribution in [-0.4, -0.2) is 19.9 Å². The number of hydrogen-bond acceptors (Lipinski definition) is 3. The summed E-state index contributed by atoms with van der Waals surface area (Å²) in [6, 6.07) is 28.3. The maximum atomic E-state index is 12.8. The van der Waals surface area contributed by atoms with Gasteiger partial charge < -0.3 is 4.90 Å². The molecule has 3 rings (SSSR count). The minimum absolute atomic E-state index is 0.0846. The minimum atomic E-state index is 0.0846. The molecule has 3 aromatic rings. The molecule has 0 aliphatic heterocycles. The lowest BCUT2D eigenvalue weighted by molar-refractivity contribution is 0.0982. The van der Waals surface area contributed by atoms with Crippen molar-refractivity contribution in [3.63, 3.8) is 0 Å². The lowest BCUT2D eigenvalue weighted by Crippen LogP contribution is -2.09. The maximum absolute atomic E-state index is 12.8. The molecule has 0 unspecified atom stereocenters. The van der Waals surface area contributed by atoms with Gasteiger partial charge in [0.2, 0.25) is 0 Å². The van der Waals surface area contributed by atoms with E-state index in [4.69, 9.17) is 0 Å². The van der Waals surface area contributed by atoms with E-state index in [0.29, 0.717) is 6.42 Å². The van der Waals surface area contributed by atoms with Gasteiger partial charge in [0.1, 0.15) is 0 Å². The van der Waals surface area contributed by atoms with Crippen LogP contribution in [0.2, 0.25) is 0 Å². The molecule has 0 aromatic heterocycles. The normalized spacial score (nSPS) is 11.8. The molecule has 132 valence electrons. The molecular formula is C23H23NOS. The predicted octanol–water partition coefficient (Wildman–Crippen LogP) is 5.86. The van der Waals surface area contributed by atoms with Crippen LogP contribution in [0, 0.1) is 0 Å². The van der Waals surface area contributed by atoms with Gasteiger partial charge in [-0.1, -0.05) is 60.7 Å². The first-order chi connectivity index (χ1) is 12.6. The van der Waals surface area contributed by atoms with Gasteiger partial charge in [0.15, 0.2) is 5.78 Å². The van der Waals surface area contributed by atoms with Gasteiger partial charge in [0.25, 0.3) is 0 Å². The third-order valence-electron chi connectivity index (χ3n) is 4.27. The van der Waals surface area contributed by atoms with E-state index >= 15 is 0 Å². The molecule has 3 heteroatoms. The van der Waals surface area contributed by atoms with Crippen LogP contribution in [0.25, 0.3) is 0 Å². The molecule has 26 heavy (non-hydrogen) atoms. The van der Waals surface area contributed by atoms with Crippen LogP contribution in [0.3, 0.4) is 0 Å². The third kappa shape index (κ3) is 4.77. The van der Waals surface area contributed by atoms with Crippen LogP contribution in [0.4, 0.5) is 5.69 Å².